The average Bonchev–Trinajstić information content (AvgIpc) is 3.02. The summed E-state index contributed by atoms with van der Waals surface area (Å²) in [6.07, 6.45) is 1.77. The van der Waals surface area contributed by atoms with Crippen molar-refractivity contribution in [2.75, 3.05) is 6.54 Å². The molecule has 0 saturated carbocycles. The fourth-order valence-corrected chi connectivity index (χ4v) is 3.72. The van der Waals surface area contributed by atoms with E-state index in [4.69, 9.17) is 0 Å². The Morgan fingerprint density at radius 1 is 1.24 bits per heavy atom. The minimum Gasteiger partial charge on any atom is -0.334 e. The third-order valence-electron chi connectivity index (χ3n) is 5.27. The summed E-state index contributed by atoms with van der Waals surface area (Å²) in [4.78, 5) is 34.0. The number of hydrogen-bond donors (Lipinski definition) is 1. The first kappa shape index (κ1) is 17.4. The van der Waals surface area contributed by atoms with Crippen LogP contribution in [0.4, 0.5) is 0 Å². The fourth-order valence-electron chi connectivity index (χ4n) is 3.72. The summed E-state index contributed by atoms with van der Waals surface area (Å²) in [7, 11) is 0. The molecule has 132 valence electrons. The minimum atomic E-state index is -0.401. The van der Waals surface area contributed by atoms with Crippen molar-refractivity contribution in [1.82, 2.24) is 14.9 Å². The molecule has 0 bridgehead atoms. The highest BCUT2D eigenvalue weighted by Crippen LogP contribution is 2.35. The number of amides is 1. The van der Waals surface area contributed by atoms with Crippen LogP contribution in [0.25, 0.3) is 0 Å². The van der Waals surface area contributed by atoms with Gasteiger partial charge in [-0.25, -0.2) is 4.98 Å². The second-order valence-corrected chi connectivity index (χ2v) is 6.90. The normalized spacial score (nSPS) is 20.1. The molecule has 2 atom stereocenters. The van der Waals surface area contributed by atoms with Crippen molar-refractivity contribution in [1.29, 1.82) is 0 Å². The lowest BCUT2D eigenvalue weighted by atomic mass is 9.90. The Morgan fingerprint density at radius 3 is 2.56 bits per heavy atom. The van der Waals surface area contributed by atoms with Crippen LogP contribution in [0, 0.1) is 20.8 Å². The van der Waals surface area contributed by atoms with Crippen molar-refractivity contribution >= 4 is 5.91 Å². The molecule has 1 aliphatic heterocycles. The van der Waals surface area contributed by atoms with Gasteiger partial charge >= 0.3 is 0 Å². The van der Waals surface area contributed by atoms with Crippen LogP contribution < -0.4 is 5.56 Å². The molecule has 2 aromatic rings. The predicted molar refractivity (Wildman–Crippen MR) is 98.0 cm³/mol. The molecule has 1 aliphatic rings. The molecule has 0 aliphatic carbocycles. The van der Waals surface area contributed by atoms with Crippen molar-refractivity contribution in [3.05, 3.63) is 62.8 Å². The lowest BCUT2D eigenvalue weighted by Gasteiger charge is -2.27. The first-order chi connectivity index (χ1) is 11.9. The zero-order chi connectivity index (χ0) is 18.1. The number of aromatic amines is 1. The summed E-state index contributed by atoms with van der Waals surface area (Å²) < 4.78 is 0. The third-order valence-corrected chi connectivity index (χ3v) is 5.27. The zero-order valence-electron chi connectivity index (χ0n) is 15.3. The monoisotopic (exact) mass is 339 g/mol. The number of carbonyl (C=O) groups is 1. The van der Waals surface area contributed by atoms with E-state index in [2.05, 4.69) is 48.1 Å². The van der Waals surface area contributed by atoms with Crippen LogP contribution in [-0.4, -0.2) is 33.4 Å². The Balaban J connectivity index is 1.90. The molecule has 1 aromatic carbocycles. The molecular formula is C20H25N3O2. The third kappa shape index (κ3) is 3.23. The predicted octanol–water partition coefficient (Wildman–Crippen LogP) is 3.10. The number of hydrogen-bond acceptors (Lipinski definition) is 3. The van der Waals surface area contributed by atoms with Crippen LogP contribution >= 0.6 is 0 Å². The maximum absolute atomic E-state index is 13.0. The quantitative estimate of drug-likeness (QED) is 0.934. The van der Waals surface area contributed by atoms with Gasteiger partial charge in [0.05, 0.1) is 5.69 Å². The van der Waals surface area contributed by atoms with Gasteiger partial charge in [-0.05, 0) is 39.2 Å². The van der Waals surface area contributed by atoms with Gasteiger partial charge in [-0.1, -0.05) is 36.8 Å². The van der Waals surface area contributed by atoms with Crippen molar-refractivity contribution in [3.63, 3.8) is 0 Å². The highest BCUT2D eigenvalue weighted by molar-refractivity contribution is 5.92. The standard InChI is InChI=1S/C20H25N3O2/c1-5-17-16(15-8-6-12(2)7-9-15)10-11-23(17)20(25)18-19(24)22-14(4)13(3)21-18/h6-9,16-17H,5,10-11H2,1-4H3,(H,22,24)/t16-,17+/m0/s1. The van der Waals surface area contributed by atoms with E-state index in [1.165, 1.54) is 11.1 Å². The van der Waals surface area contributed by atoms with E-state index in [0.29, 0.717) is 23.9 Å². The first-order valence-corrected chi connectivity index (χ1v) is 8.87. The number of rotatable bonds is 3. The van der Waals surface area contributed by atoms with Gasteiger partial charge in [0, 0.05) is 24.2 Å². The van der Waals surface area contributed by atoms with E-state index in [0.717, 1.165) is 12.8 Å². The van der Waals surface area contributed by atoms with Crippen molar-refractivity contribution in [2.24, 2.45) is 0 Å². The first-order valence-electron chi connectivity index (χ1n) is 8.87. The molecule has 5 heteroatoms. The van der Waals surface area contributed by atoms with Gasteiger partial charge in [-0.3, -0.25) is 9.59 Å². The molecule has 0 unspecified atom stereocenters. The van der Waals surface area contributed by atoms with E-state index < -0.39 is 5.56 Å². The zero-order valence-corrected chi connectivity index (χ0v) is 15.3. The smallest absolute Gasteiger partial charge is 0.279 e. The second-order valence-electron chi connectivity index (χ2n) is 6.90. The topological polar surface area (TPSA) is 66.1 Å². The highest BCUT2D eigenvalue weighted by Gasteiger charge is 2.38. The van der Waals surface area contributed by atoms with Crippen molar-refractivity contribution < 1.29 is 4.79 Å². The molecule has 1 N–H and O–H groups in total. The molecule has 1 fully saturated rings. The maximum Gasteiger partial charge on any atom is 0.279 e. The van der Waals surface area contributed by atoms with Crippen molar-refractivity contribution in [3.8, 4) is 0 Å². The molecule has 1 aromatic heterocycles. The fraction of sp³-hybridized carbons (Fsp3) is 0.450. The molecule has 0 radical (unpaired) electrons. The summed E-state index contributed by atoms with van der Waals surface area (Å²) in [5.74, 6) is 0.0472. The lowest BCUT2D eigenvalue weighted by Crippen LogP contribution is -2.40. The summed E-state index contributed by atoms with van der Waals surface area (Å²) >= 11 is 0. The number of aromatic nitrogens is 2. The molecular weight excluding hydrogens is 314 g/mol. The Bertz CT molecular complexity index is 839. The number of benzene rings is 1. The second kappa shape index (κ2) is 6.82. The molecule has 0 spiro atoms. The Labute approximate surface area is 148 Å². The van der Waals surface area contributed by atoms with E-state index in [-0.39, 0.29) is 17.6 Å². The number of likely N-dealkylation sites (tertiary alicyclic amines) is 1. The van der Waals surface area contributed by atoms with Crippen LogP contribution in [0.3, 0.4) is 0 Å². The van der Waals surface area contributed by atoms with Crippen LogP contribution in [0.5, 0.6) is 0 Å². The van der Waals surface area contributed by atoms with Gasteiger partial charge in [-0.15, -0.1) is 0 Å². The number of H-pyrrole nitrogens is 1. The summed E-state index contributed by atoms with van der Waals surface area (Å²) in [6.45, 7) is 8.41. The maximum atomic E-state index is 13.0. The van der Waals surface area contributed by atoms with E-state index in [1.807, 2.05) is 4.90 Å². The van der Waals surface area contributed by atoms with Gasteiger partial charge in [0.2, 0.25) is 0 Å². The van der Waals surface area contributed by atoms with Gasteiger partial charge < -0.3 is 9.88 Å². The number of carbonyl (C=O) groups excluding carboxylic acids is 1. The minimum absolute atomic E-state index is 0.00565. The van der Waals surface area contributed by atoms with Crippen LogP contribution in [0.15, 0.2) is 29.1 Å². The summed E-state index contributed by atoms with van der Waals surface area (Å²) in [5, 5.41) is 0. The van der Waals surface area contributed by atoms with Crippen LogP contribution in [0.2, 0.25) is 0 Å². The van der Waals surface area contributed by atoms with Gasteiger partial charge in [0.25, 0.3) is 11.5 Å². The van der Waals surface area contributed by atoms with Gasteiger partial charge in [0.1, 0.15) is 0 Å². The largest absolute Gasteiger partial charge is 0.334 e. The Morgan fingerprint density at radius 2 is 1.92 bits per heavy atom. The summed E-state index contributed by atoms with van der Waals surface area (Å²) in [6, 6.07) is 8.62. The lowest BCUT2D eigenvalue weighted by molar-refractivity contribution is 0.0719. The van der Waals surface area contributed by atoms with Gasteiger partial charge in [0.15, 0.2) is 5.69 Å². The Kier molecular flexibility index (Phi) is 4.75. The average molecular weight is 339 g/mol. The van der Waals surface area contributed by atoms with Gasteiger partial charge in [-0.2, -0.15) is 0 Å². The SMILES string of the molecule is CC[C@@H]1[C@H](c2ccc(C)cc2)CCN1C(=O)c1nc(C)c(C)[nH]c1=O. The number of nitrogens with zero attached hydrogens (tertiary/aromatic N) is 2. The van der Waals surface area contributed by atoms with Crippen LogP contribution in [-0.2, 0) is 0 Å². The molecule has 25 heavy (non-hydrogen) atoms. The van der Waals surface area contributed by atoms with Crippen LogP contribution in [0.1, 0.15) is 58.7 Å². The number of aryl methyl sites for hydroxylation is 3. The van der Waals surface area contributed by atoms with E-state index in [9.17, 15) is 9.59 Å². The molecule has 2 heterocycles. The number of nitrogens with one attached hydrogen (secondary N) is 1. The molecule has 3 rings (SSSR count). The van der Waals surface area contributed by atoms with Crippen molar-refractivity contribution in [2.45, 2.75) is 52.5 Å². The highest BCUT2D eigenvalue weighted by atomic mass is 16.2. The summed E-state index contributed by atoms with van der Waals surface area (Å²) in [5.41, 5.74) is 3.48. The molecule has 1 saturated heterocycles. The van der Waals surface area contributed by atoms with E-state index in [1.54, 1.807) is 13.8 Å². The molecule has 1 amide bonds. The molecule has 5 nitrogen and oxygen atoms in total. The Hall–Kier alpha value is -2.43. The van der Waals surface area contributed by atoms with E-state index >= 15 is 0 Å².